The molecule has 5 heteroatoms. The number of hydrogen-bond acceptors (Lipinski definition) is 4. The summed E-state index contributed by atoms with van der Waals surface area (Å²) in [5.41, 5.74) is 0.858. The number of nitrogens with zero attached hydrogens (tertiary/aromatic N) is 4. The first kappa shape index (κ1) is 14.3. The molecule has 0 aromatic carbocycles. The molecule has 5 nitrogen and oxygen atoms in total. The average Bonchev–Trinajstić information content (AvgIpc) is 2.88. The molecule has 21 heavy (non-hydrogen) atoms. The quantitative estimate of drug-likeness (QED) is 0.867. The summed E-state index contributed by atoms with van der Waals surface area (Å²) in [5.74, 6) is 1.75. The zero-order valence-corrected chi connectivity index (χ0v) is 13.1. The van der Waals surface area contributed by atoms with Crippen LogP contribution >= 0.6 is 0 Å². The Morgan fingerprint density at radius 2 is 2.24 bits per heavy atom. The van der Waals surface area contributed by atoms with Crippen molar-refractivity contribution in [1.82, 2.24) is 19.5 Å². The van der Waals surface area contributed by atoms with E-state index in [9.17, 15) is 0 Å². The fraction of sp³-hybridized carbons (Fsp3) is 0.625. The molecule has 1 aliphatic heterocycles. The van der Waals surface area contributed by atoms with E-state index in [0.717, 1.165) is 23.6 Å². The van der Waals surface area contributed by atoms with E-state index in [2.05, 4.69) is 28.8 Å². The predicted molar refractivity (Wildman–Crippen MR) is 82.7 cm³/mol. The Bertz CT molecular complexity index is 607. The van der Waals surface area contributed by atoms with E-state index in [1.54, 1.807) is 7.11 Å². The van der Waals surface area contributed by atoms with Crippen LogP contribution in [0.3, 0.4) is 0 Å². The Morgan fingerprint density at radius 1 is 1.38 bits per heavy atom. The van der Waals surface area contributed by atoms with Gasteiger partial charge in [-0.15, -0.1) is 0 Å². The summed E-state index contributed by atoms with van der Waals surface area (Å²) in [4.78, 5) is 7.25. The fourth-order valence-electron chi connectivity index (χ4n) is 3.26. The SMILES string of the molecule is COc1ccn2nc(CC3CCCCN3C(C)C)nc2c1. The highest BCUT2D eigenvalue weighted by molar-refractivity contribution is 5.43. The van der Waals surface area contributed by atoms with Crippen LogP contribution in [0.25, 0.3) is 5.65 Å². The second-order valence-corrected chi connectivity index (χ2v) is 6.08. The van der Waals surface area contributed by atoms with Gasteiger partial charge in [-0.05, 0) is 39.3 Å². The molecule has 1 saturated heterocycles. The summed E-state index contributed by atoms with van der Waals surface area (Å²) in [6, 6.07) is 5.00. The smallest absolute Gasteiger partial charge is 0.159 e. The molecule has 1 atom stereocenters. The van der Waals surface area contributed by atoms with E-state index in [4.69, 9.17) is 4.74 Å². The van der Waals surface area contributed by atoms with Crippen molar-refractivity contribution in [1.29, 1.82) is 0 Å². The van der Waals surface area contributed by atoms with Crippen molar-refractivity contribution in [3.05, 3.63) is 24.2 Å². The number of hydrogen-bond donors (Lipinski definition) is 0. The maximum Gasteiger partial charge on any atom is 0.159 e. The van der Waals surface area contributed by atoms with E-state index < -0.39 is 0 Å². The number of fused-ring (bicyclic) bond motifs is 1. The molecule has 1 unspecified atom stereocenters. The lowest BCUT2D eigenvalue weighted by Crippen LogP contribution is -2.45. The second kappa shape index (κ2) is 6.02. The second-order valence-electron chi connectivity index (χ2n) is 6.08. The number of pyridine rings is 1. The third kappa shape index (κ3) is 3.02. The third-order valence-electron chi connectivity index (χ3n) is 4.34. The van der Waals surface area contributed by atoms with Gasteiger partial charge in [-0.1, -0.05) is 6.42 Å². The standard InChI is InChI=1S/C16H24N4O/c1-12(2)19-8-5-4-6-13(19)10-15-17-16-11-14(21-3)7-9-20(16)18-15/h7,9,11-13H,4-6,8,10H2,1-3H3. The molecule has 0 radical (unpaired) electrons. The van der Waals surface area contributed by atoms with Gasteiger partial charge in [0, 0.05) is 30.8 Å². The Labute approximate surface area is 125 Å². The normalized spacial score (nSPS) is 20.3. The van der Waals surface area contributed by atoms with E-state index in [-0.39, 0.29) is 0 Å². The average molecular weight is 288 g/mol. The number of aromatic nitrogens is 3. The van der Waals surface area contributed by atoms with Gasteiger partial charge in [-0.25, -0.2) is 9.50 Å². The number of piperidine rings is 1. The first-order valence-electron chi connectivity index (χ1n) is 7.82. The minimum Gasteiger partial charge on any atom is -0.497 e. The van der Waals surface area contributed by atoms with Crippen LogP contribution in [0, 0.1) is 0 Å². The highest BCUT2D eigenvalue weighted by Crippen LogP contribution is 2.22. The minimum atomic E-state index is 0.568. The Morgan fingerprint density at radius 3 is 3.00 bits per heavy atom. The summed E-state index contributed by atoms with van der Waals surface area (Å²) in [5, 5.41) is 4.60. The third-order valence-corrected chi connectivity index (χ3v) is 4.34. The first-order valence-corrected chi connectivity index (χ1v) is 7.82. The number of methoxy groups -OCH3 is 1. The van der Waals surface area contributed by atoms with Gasteiger partial charge < -0.3 is 4.74 Å². The molecular weight excluding hydrogens is 264 g/mol. The summed E-state index contributed by atoms with van der Waals surface area (Å²) in [6.07, 6.45) is 6.71. The number of likely N-dealkylation sites (tertiary alicyclic amines) is 1. The van der Waals surface area contributed by atoms with Gasteiger partial charge in [0.2, 0.25) is 0 Å². The monoisotopic (exact) mass is 288 g/mol. The Kier molecular flexibility index (Phi) is 4.10. The van der Waals surface area contributed by atoms with Gasteiger partial charge in [-0.2, -0.15) is 5.10 Å². The highest BCUT2D eigenvalue weighted by atomic mass is 16.5. The van der Waals surface area contributed by atoms with E-state index >= 15 is 0 Å². The topological polar surface area (TPSA) is 42.7 Å². The van der Waals surface area contributed by atoms with Gasteiger partial charge in [0.15, 0.2) is 11.5 Å². The van der Waals surface area contributed by atoms with Gasteiger partial charge >= 0.3 is 0 Å². The van der Waals surface area contributed by atoms with Crippen LogP contribution in [-0.2, 0) is 6.42 Å². The molecule has 3 rings (SSSR count). The Hall–Kier alpha value is -1.62. The molecule has 2 aromatic rings. The molecule has 0 amide bonds. The van der Waals surface area contributed by atoms with Crippen LogP contribution in [0.5, 0.6) is 5.75 Å². The number of rotatable bonds is 4. The maximum absolute atomic E-state index is 5.24. The van der Waals surface area contributed by atoms with Crippen LogP contribution in [0.4, 0.5) is 0 Å². The van der Waals surface area contributed by atoms with E-state index in [0.29, 0.717) is 12.1 Å². The predicted octanol–water partition coefficient (Wildman–Crippen LogP) is 2.54. The van der Waals surface area contributed by atoms with Crippen molar-refractivity contribution in [2.24, 2.45) is 0 Å². The van der Waals surface area contributed by atoms with Crippen LogP contribution in [0.1, 0.15) is 38.9 Å². The lowest BCUT2D eigenvalue weighted by Gasteiger charge is -2.38. The largest absolute Gasteiger partial charge is 0.497 e. The minimum absolute atomic E-state index is 0.568. The van der Waals surface area contributed by atoms with Crippen LogP contribution in [0.2, 0.25) is 0 Å². The lowest BCUT2D eigenvalue weighted by molar-refractivity contribution is 0.110. The van der Waals surface area contributed by atoms with Crippen molar-refractivity contribution in [3.63, 3.8) is 0 Å². The Balaban J connectivity index is 1.80. The molecule has 114 valence electrons. The molecule has 0 spiro atoms. The molecule has 1 aliphatic rings. The van der Waals surface area contributed by atoms with Crippen molar-refractivity contribution in [2.75, 3.05) is 13.7 Å². The maximum atomic E-state index is 5.24. The molecule has 0 N–H and O–H groups in total. The number of ether oxygens (including phenoxy) is 1. The van der Waals surface area contributed by atoms with E-state index in [1.165, 1.54) is 25.8 Å². The highest BCUT2D eigenvalue weighted by Gasteiger charge is 2.25. The van der Waals surface area contributed by atoms with Gasteiger partial charge in [0.05, 0.1) is 7.11 Å². The first-order chi connectivity index (χ1) is 10.2. The van der Waals surface area contributed by atoms with Gasteiger partial charge in [-0.3, -0.25) is 4.90 Å². The summed E-state index contributed by atoms with van der Waals surface area (Å²) in [7, 11) is 1.67. The zero-order chi connectivity index (χ0) is 14.8. The molecule has 0 bridgehead atoms. The van der Waals surface area contributed by atoms with Crippen molar-refractivity contribution >= 4 is 5.65 Å². The van der Waals surface area contributed by atoms with Crippen molar-refractivity contribution in [3.8, 4) is 5.75 Å². The molecule has 0 aliphatic carbocycles. The molecular formula is C16H24N4O. The van der Waals surface area contributed by atoms with Crippen LogP contribution in [0.15, 0.2) is 18.3 Å². The van der Waals surface area contributed by atoms with Crippen molar-refractivity contribution < 1.29 is 4.74 Å². The summed E-state index contributed by atoms with van der Waals surface area (Å²) in [6.45, 7) is 5.75. The molecule has 0 saturated carbocycles. The van der Waals surface area contributed by atoms with Gasteiger partial charge in [0.1, 0.15) is 5.75 Å². The van der Waals surface area contributed by atoms with Crippen molar-refractivity contribution in [2.45, 2.75) is 51.6 Å². The zero-order valence-electron chi connectivity index (χ0n) is 13.1. The summed E-state index contributed by atoms with van der Waals surface area (Å²) >= 11 is 0. The lowest BCUT2D eigenvalue weighted by atomic mass is 9.97. The van der Waals surface area contributed by atoms with Gasteiger partial charge in [0.25, 0.3) is 0 Å². The molecule has 3 heterocycles. The van der Waals surface area contributed by atoms with Crippen LogP contribution < -0.4 is 4.74 Å². The van der Waals surface area contributed by atoms with Crippen LogP contribution in [-0.4, -0.2) is 45.2 Å². The molecule has 2 aromatic heterocycles. The van der Waals surface area contributed by atoms with E-state index in [1.807, 2.05) is 22.8 Å². The summed E-state index contributed by atoms with van der Waals surface area (Å²) < 4.78 is 7.07. The molecule has 1 fully saturated rings. The fourth-order valence-corrected chi connectivity index (χ4v) is 3.26.